The van der Waals surface area contributed by atoms with Crippen LogP contribution in [0.15, 0.2) is 23.3 Å². The standard InChI is InChI=1S/C18H20F3N5O3/c19-18(20,21)16-14(9-23-24-17(16)27)26-10-12-13(11-26)22-2-1-15(12)29-8-5-25-3-6-28-7-4-25/h1-2,9H,3-8,10-11H2,(H,24,27). The Hall–Kier alpha value is -2.66. The third kappa shape index (κ3) is 4.20. The zero-order valence-corrected chi connectivity index (χ0v) is 15.5. The minimum absolute atomic E-state index is 0.143. The first-order valence-electron chi connectivity index (χ1n) is 9.23. The summed E-state index contributed by atoms with van der Waals surface area (Å²) in [6.07, 6.45) is -2.19. The summed E-state index contributed by atoms with van der Waals surface area (Å²) in [6, 6.07) is 1.71. The van der Waals surface area contributed by atoms with Crippen LogP contribution in [0.25, 0.3) is 0 Å². The molecule has 0 saturated carbocycles. The Balaban J connectivity index is 1.50. The molecule has 0 atom stereocenters. The molecule has 0 unspecified atom stereocenters. The lowest BCUT2D eigenvalue weighted by Gasteiger charge is -2.26. The van der Waals surface area contributed by atoms with Gasteiger partial charge in [-0.05, 0) is 6.07 Å². The summed E-state index contributed by atoms with van der Waals surface area (Å²) in [4.78, 5) is 19.7. The number of nitrogens with one attached hydrogen (secondary N) is 1. The third-order valence-corrected chi connectivity index (χ3v) is 5.02. The zero-order chi connectivity index (χ0) is 20.4. The molecule has 8 nitrogen and oxygen atoms in total. The van der Waals surface area contributed by atoms with Gasteiger partial charge in [0.25, 0.3) is 5.56 Å². The van der Waals surface area contributed by atoms with E-state index in [4.69, 9.17) is 9.47 Å². The fraction of sp³-hybridized carbons (Fsp3) is 0.500. The van der Waals surface area contributed by atoms with Gasteiger partial charge in [0.1, 0.15) is 17.9 Å². The van der Waals surface area contributed by atoms with E-state index in [-0.39, 0.29) is 18.8 Å². The molecule has 0 radical (unpaired) electrons. The van der Waals surface area contributed by atoms with Crippen LogP contribution in [0.2, 0.25) is 0 Å². The Morgan fingerprint density at radius 2 is 2.03 bits per heavy atom. The molecule has 0 aromatic carbocycles. The molecule has 2 aliphatic heterocycles. The van der Waals surface area contributed by atoms with Crippen LogP contribution in [0.4, 0.5) is 18.9 Å². The van der Waals surface area contributed by atoms with Gasteiger partial charge in [0.05, 0.1) is 37.3 Å². The Morgan fingerprint density at radius 1 is 1.24 bits per heavy atom. The van der Waals surface area contributed by atoms with E-state index in [2.05, 4.69) is 15.0 Å². The average Bonchev–Trinajstić information content (AvgIpc) is 3.13. The topological polar surface area (TPSA) is 83.6 Å². The molecular formula is C18H20F3N5O3. The molecule has 1 fully saturated rings. The monoisotopic (exact) mass is 411 g/mol. The van der Waals surface area contributed by atoms with Crippen LogP contribution >= 0.6 is 0 Å². The average molecular weight is 411 g/mol. The van der Waals surface area contributed by atoms with Crippen LogP contribution in [0.3, 0.4) is 0 Å². The lowest BCUT2D eigenvalue weighted by molar-refractivity contribution is -0.138. The number of rotatable bonds is 5. The fourth-order valence-electron chi connectivity index (χ4n) is 3.57. The second-order valence-corrected chi connectivity index (χ2v) is 6.85. The number of nitrogens with zero attached hydrogens (tertiary/aromatic N) is 4. The SMILES string of the molecule is O=c1[nH]ncc(N2Cc3nccc(OCCN4CCOCC4)c3C2)c1C(F)(F)F. The van der Waals surface area contributed by atoms with E-state index in [1.807, 2.05) is 5.10 Å². The van der Waals surface area contributed by atoms with Crippen molar-refractivity contribution in [3.63, 3.8) is 0 Å². The molecule has 4 rings (SSSR count). The van der Waals surface area contributed by atoms with Crippen molar-refractivity contribution in [2.45, 2.75) is 19.3 Å². The maximum absolute atomic E-state index is 13.4. The van der Waals surface area contributed by atoms with Crippen molar-refractivity contribution in [2.24, 2.45) is 0 Å². The van der Waals surface area contributed by atoms with Crippen molar-refractivity contribution >= 4 is 5.69 Å². The molecule has 0 spiro atoms. The first kappa shape index (κ1) is 19.6. The highest BCUT2D eigenvalue weighted by Crippen LogP contribution is 2.38. The van der Waals surface area contributed by atoms with Crippen LogP contribution < -0.4 is 15.2 Å². The molecule has 2 aliphatic rings. The minimum Gasteiger partial charge on any atom is -0.492 e. The molecule has 29 heavy (non-hydrogen) atoms. The van der Waals surface area contributed by atoms with Gasteiger partial charge in [0.15, 0.2) is 0 Å². The maximum Gasteiger partial charge on any atom is 0.423 e. The first-order chi connectivity index (χ1) is 13.9. The summed E-state index contributed by atoms with van der Waals surface area (Å²) in [7, 11) is 0. The van der Waals surface area contributed by atoms with Crippen LogP contribution in [0.1, 0.15) is 16.8 Å². The number of H-pyrrole nitrogens is 1. The van der Waals surface area contributed by atoms with Crippen LogP contribution in [-0.4, -0.2) is 59.5 Å². The third-order valence-electron chi connectivity index (χ3n) is 5.02. The van der Waals surface area contributed by atoms with E-state index in [0.717, 1.165) is 31.4 Å². The van der Waals surface area contributed by atoms with E-state index >= 15 is 0 Å². The normalized spacial score (nSPS) is 17.4. The van der Waals surface area contributed by atoms with Gasteiger partial charge in [-0.15, -0.1) is 0 Å². The van der Waals surface area contributed by atoms with E-state index < -0.39 is 17.3 Å². The van der Waals surface area contributed by atoms with Gasteiger partial charge in [-0.3, -0.25) is 14.7 Å². The Labute approximate surface area is 164 Å². The number of anilines is 1. The van der Waals surface area contributed by atoms with Crippen molar-refractivity contribution in [1.82, 2.24) is 20.1 Å². The number of hydrogen-bond donors (Lipinski definition) is 1. The lowest BCUT2D eigenvalue weighted by atomic mass is 10.2. The van der Waals surface area contributed by atoms with Crippen molar-refractivity contribution in [2.75, 3.05) is 44.4 Å². The van der Waals surface area contributed by atoms with Crippen molar-refractivity contribution in [1.29, 1.82) is 0 Å². The Morgan fingerprint density at radius 3 is 2.79 bits per heavy atom. The molecule has 2 aromatic rings. The van der Waals surface area contributed by atoms with Gasteiger partial charge >= 0.3 is 6.18 Å². The van der Waals surface area contributed by atoms with Crippen molar-refractivity contribution < 1.29 is 22.6 Å². The molecule has 1 N–H and O–H groups in total. The molecular weight excluding hydrogens is 391 g/mol. The number of morpholine rings is 1. The molecule has 4 heterocycles. The number of ether oxygens (including phenoxy) is 2. The van der Waals surface area contributed by atoms with E-state index in [0.29, 0.717) is 31.3 Å². The van der Waals surface area contributed by atoms with E-state index in [1.54, 1.807) is 12.3 Å². The second-order valence-electron chi connectivity index (χ2n) is 6.85. The summed E-state index contributed by atoms with van der Waals surface area (Å²) in [5.41, 5.74) is -1.43. The van der Waals surface area contributed by atoms with Gasteiger partial charge in [-0.1, -0.05) is 0 Å². The van der Waals surface area contributed by atoms with Gasteiger partial charge in [-0.2, -0.15) is 18.3 Å². The maximum atomic E-state index is 13.4. The predicted octanol–water partition coefficient (Wildman–Crippen LogP) is 1.41. The lowest BCUT2D eigenvalue weighted by Crippen LogP contribution is -2.38. The summed E-state index contributed by atoms with van der Waals surface area (Å²) < 4.78 is 51.4. The van der Waals surface area contributed by atoms with E-state index in [1.165, 1.54) is 4.90 Å². The number of aromatic amines is 1. The molecule has 1 saturated heterocycles. The second kappa shape index (κ2) is 7.99. The highest BCUT2D eigenvalue weighted by molar-refractivity contribution is 5.57. The van der Waals surface area contributed by atoms with Crippen LogP contribution in [0, 0.1) is 0 Å². The zero-order valence-electron chi connectivity index (χ0n) is 15.5. The summed E-state index contributed by atoms with van der Waals surface area (Å²) >= 11 is 0. The molecule has 2 aromatic heterocycles. The largest absolute Gasteiger partial charge is 0.492 e. The minimum atomic E-state index is -4.79. The quantitative estimate of drug-likeness (QED) is 0.797. The smallest absolute Gasteiger partial charge is 0.423 e. The van der Waals surface area contributed by atoms with Gasteiger partial charge in [-0.25, -0.2) is 5.10 Å². The molecule has 0 aliphatic carbocycles. The molecule has 0 amide bonds. The van der Waals surface area contributed by atoms with E-state index in [9.17, 15) is 18.0 Å². The summed E-state index contributed by atoms with van der Waals surface area (Å²) in [5, 5.41) is 5.40. The molecule has 0 bridgehead atoms. The highest BCUT2D eigenvalue weighted by Gasteiger charge is 2.40. The Bertz CT molecular complexity index is 928. The Kier molecular flexibility index (Phi) is 5.41. The van der Waals surface area contributed by atoms with Crippen molar-refractivity contribution in [3.8, 4) is 5.75 Å². The number of hydrogen-bond acceptors (Lipinski definition) is 7. The summed E-state index contributed by atoms with van der Waals surface area (Å²) in [5.74, 6) is 0.595. The molecule has 156 valence electrons. The van der Waals surface area contributed by atoms with Gasteiger partial charge < -0.3 is 14.4 Å². The van der Waals surface area contributed by atoms with Crippen LogP contribution in [-0.2, 0) is 24.0 Å². The highest BCUT2D eigenvalue weighted by atomic mass is 19.4. The van der Waals surface area contributed by atoms with Crippen molar-refractivity contribution in [3.05, 3.63) is 45.6 Å². The van der Waals surface area contributed by atoms with Gasteiger partial charge in [0.2, 0.25) is 0 Å². The number of halogens is 3. The number of alkyl halides is 3. The summed E-state index contributed by atoms with van der Waals surface area (Å²) in [6.45, 7) is 4.59. The first-order valence-corrected chi connectivity index (χ1v) is 9.23. The van der Waals surface area contributed by atoms with Gasteiger partial charge in [0, 0.05) is 37.9 Å². The number of fused-ring (bicyclic) bond motifs is 1. The van der Waals surface area contributed by atoms with Crippen LogP contribution in [0.5, 0.6) is 5.75 Å². The predicted molar refractivity (Wildman–Crippen MR) is 96.7 cm³/mol. The number of aromatic nitrogens is 3. The molecule has 11 heteroatoms. The number of pyridine rings is 1. The fourth-order valence-corrected chi connectivity index (χ4v) is 3.57.